The van der Waals surface area contributed by atoms with Gasteiger partial charge in [0.2, 0.25) is 0 Å². The SMILES string of the molecule is Cc1ccsc1CN1CC2(C1)OCC[C@@H]2CCNC(=O)c1nccn1C. The van der Waals surface area contributed by atoms with Crippen molar-refractivity contribution in [1.29, 1.82) is 0 Å². The third-order valence-electron chi connectivity index (χ3n) is 5.72. The van der Waals surface area contributed by atoms with E-state index in [1.807, 2.05) is 18.4 Å². The third kappa shape index (κ3) is 3.31. The van der Waals surface area contributed by atoms with Crippen LogP contribution in [0.3, 0.4) is 0 Å². The third-order valence-corrected chi connectivity index (χ3v) is 6.73. The molecule has 1 N–H and O–H groups in total. The number of rotatable bonds is 6. The number of nitrogens with one attached hydrogen (secondary N) is 1. The van der Waals surface area contributed by atoms with Gasteiger partial charge in [-0.1, -0.05) is 0 Å². The van der Waals surface area contributed by atoms with Crippen LogP contribution in [0.2, 0.25) is 0 Å². The monoisotopic (exact) mass is 374 g/mol. The number of amides is 1. The zero-order valence-corrected chi connectivity index (χ0v) is 16.2. The second-order valence-electron chi connectivity index (χ2n) is 7.48. The molecule has 6 nitrogen and oxygen atoms in total. The van der Waals surface area contributed by atoms with Gasteiger partial charge in [-0.2, -0.15) is 0 Å². The molecule has 140 valence electrons. The number of likely N-dealkylation sites (tertiary alicyclic amines) is 1. The summed E-state index contributed by atoms with van der Waals surface area (Å²) in [6.45, 7) is 6.72. The minimum Gasteiger partial charge on any atom is -0.372 e. The molecule has 0 saturated carbocycles. The molecule has 2 aliphatic heterocycles. The molecule has 0 aliphatic carbocycles. The van der Waals surface area contributed by atoms with Gasteiger partial charge in [0, 0.05) is 57.1 Å². The Balaban J connectivity index is 1.26. The van der Waals surface area contributed by atoms with Crippen molar-refractivity contribution in [2.24, 2.45) is 13.0 Å². The number of carbonyl (C=O) groups excluding carboxylic acids is 1. The van der Waals surface area contributed by atoms with Crippen LogP contribution in [0.25, 0.3) is 0 Å². The lowest BCUT2D eigenvalue weighted by atomic mass is 9.79. The Hall–Kier alpha value is -1.70. The predicted octanol–water partition coefficient (Wildman–Crippen LogP) is 2.20. The van der Waals surface area contributed by atoms with Crippen LogP contribution in [0.5, 0.6) is 0 Å². The number of thiophene rings is 1. The van der Waals surface area contributed by atoms with E-state index in [0.717, 1.165) is 39.1 Å². The zero-order chi connectivity index (χ0) is 18.1. The molecule has 0 radical (unpaired) electrons. The van der Waals surface area contributed by atoms with Gasteiger partial charge in [-0.05, 0) is 42.7 Å². The number of hydrogen-bond donors (Lipinski definition) is 1. The molecule has 0 aromatic carbocycles. The quantitative estimate of drug-likeness (QED) is 0.842. The predicted molar refractivity (Wildman–Crippen MR) is 101 cm³/mol. The maximum atomic E-state index is 12.2. The minimum absolute atomic E-state index is 0.000878. The summed E-state index contributed by atoms with van der Waals surface area (Å²) in [5, 5.41) is 5.17. The van der Waals surface area contributed by atoms with Crippen molar-refractivity contribution in [3.05, 3.63) is 40.1 Å². The summed E-state index contributed by atoms with van der Waals surface area (Å²) in [6, 6.07) is 2.19. The first-order valence-electron chi connectivity index (χ1n) is 9.22. The van der Waals surface area contributed by atoms with E-state index in [9.17, 15) is 4.79 Å². The van der Waals surface area contributed by atoms with Crippen LogP contribution in [0.4, 0.5) is 0 Å². The smallest absolute Gasteiger partial charge is 0.287 e. The maximum absolute atomic E-state index is 12.2. The number of carbonyl (C=O) groups is 1. The number of hydrogen-bond acceptors (Lipinski definition) is 5. The number of imidazole rings is 1. The molecule has 2 fully saturated rings. The van der Waals surface area contributed by atoms with Crippen molar-refractivity contribution in [1.82, 2.24) is 19.8 Å². The zero-order valence-electron chi connectivity index (χ0n) is 15.4. The highest BCUT2D eigenvalue weighted by molar-refractivity contribution is 7.10. The second-order valence-corrected chi connectivity index (χ2v) is 8.48. The minimum atomic E-state index is -0.103. The van der Waals surface area contributed by atoms with Gasteiger partial charge in [-0.3, -0.25) is 9.69 Å². The molecule has 4 rings (SSSR count). The van der Waals surface area contributed by atoms with E-state index in [1.165, 1.54) is 10.4 Å². The van der Waals surface area contributed by atoms with Crippen LogP contribution >= 0.6 is 11.3 Å². The molecule has 2 aromatic rings. The van der Waals surface area contributed by atoms with Crippen molar-refractivity contribution >= 4 is 17.2 Å². The first kappa shape index (κ1) is 17.7. The number of ether oxygens (including phenoxy) is 1. The molecule has 1 atom stereocenters. The molecule has 0 unspecified atom stereocenters. The fraction of sp³-hybridized carbons (Fsp3) is 0.579. The number of nitrogens with zero attached hydrogens (tertiary/aromatic N) is 3. The molecule has 1 spiro atoms. The fourth-order valence-electron chi connectivity index (χ4n) is 4.16. The molecule has 1 amide bonds. The first-order chi connectivity index (χ1) is 12.6. The maximum Gasteiger partial charge on any atom is 0.287 e. The average molecular weight is 375 g/mol. The van der Waals surface area contributed by atoms with Gasteiger partial charge in [-0.15, -0.1) is 11.3 Å². The molecule has 4 heterocycles. The molecule has 26 heavy (non-hydrogen) atoms. The van der Waals surface area contributed by atoms with Crippen LogP contribution in [0.15, 0.2) is 23.8 Å². The molecule has 2 aromatic heterocycles. The summed E-state index contributed by atoms with van der Waals surface area (Å²) in [4.78, 5) is 20.2. The van der Waals surface area contributed by atoms with E-state index in [2.05, 4.69) is 33.6 Å². The van der Waals surface area contributed by atoms with Crippen LogP contribution in [0.1, 0.15) is 33.9 Å². The van der Waals surface area contributed by atoms with E-state index >= 15 is 0 Å². The largest absolute Gasteiger partial charge is 0.372 e. The Morgan fingerprint density at radius 2 is 2.35 bits per heavy atom. The molecule has 2 aliphatic rings. The van der Waals surface area contributed by atoms with Crippen molar-refractivity contribution in [3.63, 3.8) is 0 Å². The highest BCUT2D eigenvalue weighted by Gasteiger charge is 2.52. The molecule has 2 saturated heterocycles. The standard InChI is InChI=1S/C19H26N4O2S/c1-14-5-10-26-16(14)11-23-12-19(13-23)15(4-9-25-19)3-6-21-18(24)17-20-7-8-22(17)2/h5,7-8,10,15H,3-4,6,9,11-13H2,1-2H3,(H,21,24)/t15-/m0/s1. The van der Waals surface area contributed by atoms with Crippen LogP contribution in [-0.2, 0) is 18.3 Å². The Kier molecular flexibility index (Phi) is 4.86. The first-order valence-corrected chi connectivity index (χ1v) is 10.1. The number of aryl methyl sites for hydroxylation is 2. The Morgan fingerprint density at radius 1 is 1.50 bits per heavy atom. The second kappa shape index (κ2) is 7.13. The molecular weight excluding hydrogens is 348 g/mol. The van der Waals surface area contributed by atoms with Gasteiger partial charge in [0.25, 0.3) is 5.91 Å². The van der Waals surface area contributed by atoms with Gasteiger partial charge >= 0.3 is 0 Å². The molecule has 0 bridgehead atoms. The fourth-order valence-corrected chi connectivity index (χ4v) is 5.10. The van der Waals surface area contributed by atoms with Crippen molar-refractivity contribution in [2.45, 2.75) is 31.9 Å². The lowest BCUT2D eigenvalue weighted by Crippen LogP contribution is -2.64. The highest BCUT2D eigenvalue weighted by Crippen LogP contribution is 2.42. The Morgan fingerprint density at radius 3 is 3.04 bits per heavy atom. The van der Waals surface area contributed by atoms with Crippen LogP contribution in [-0.4, -0.2) is 52.2 Å². The number of aromatic nitrogens is 2. The average Bonchev–Trinajstić information content (AvgIpc) is 3.29. The van der Waals surface area contributed by atoms with E-state index < -0.39 is 0 Å². The van der Waals surface area contributed by atoms with Crippen molar-refractivity contribution in [2.75, 3.05) is 26.2 Å². The summed E-state index contributed by atoms with van der Waals surface area (Å²) >= 11 is 1.84. The Labute approximate surface area is 158 Å². The lowest BCUT2D eigenvalue weighted by molar-refractivity contribution is -0.136. The van der Waals surface area contributed by atoms with Crippen LogP contribution < -0.4 is 5.32 Å². The van der Waals surface area contributed by atoms with Gasteiger partial charge in [0.15, 0.2) is 5.82 Å². The van der Waals surface area contributed by atoms with Crippen LogP contribution in [0, 0.1) is 12.8 Å². The Bertz CT molecular complexity index is 778. The summed E-state index contributed by atoms with van der Waals surface area (Å²) in [5.41, 5.74) is 1.39. The molecule has 7 heteroatoms. The van der Waals surface area contributed by atoms with E-state index in [-0.39, 0.29) is 11.5 Å². The normalized spacial score (nSPS) is 21.8. The summed E-state index contributed by atoms with van der Waals surface area (Å²) < 4.78 is 7.89. The topological polar surface area (TPSA) is 59.4 Å². The lowest BCUT2D eigenvalue weighted by Gasteiger charge is -2.50. The van der Waals surface area contributed by atoms with Gasteiger partial charge in [0.1, 0.15) is 0 Å². The molecular formula is C19H26N4O2S. The van der Waals surface area contributed by atoms with Crippen molar-refractivity contribution in [3.8, 4) is 0 Å². The van der Waals surface area contributed by atoms with Crippen molar-refractivity contribution < 1.29 is 9.53 Å². The van der Waals surface area contributed by atoms with Gasteiger partial charge in [-0.25, -0.2) is 4.98 Å². The summed E-state index contributed by atoms with van der Waals surface area (Å²) in [7, 11) is 1.83. The van der Waals surface area contributed by atoms with Gasteiger partial charge in [0.05, 0.1) is 5.60 Å². The van der Waals surface area contributed by atoms with E-state index in [1.54, 1.807) is 17.0 Å². The van der Waals surface area contributed by atoms with E-state index in [0.29, 0.717) is 18.3 Å². The summed E-state index contributed by atoms with van der Waals surface area (Å²) in [5.74, 6) is 0.877. The van der Waals surface area contributed by atoms with Gasteiger partial charge < -0.3 is 14.6 Å². The highest BCUT2D eigenvalue weighted by atomic mass is 32.1. The summed E-state index contributed by atoms with van der Waals surface area (Å²) in [6.07, 6.45) is 5.48. The van der Waals surface area contributed by atoms with E-state index in [4.69, 9.17) is 4.74 Å².